The van der Waals surface area contributed by atoms with Crippen LogP contribution in [0.4, 0.5) is 8.78 Å². The molecule has 1 N–H and O–H groups in total. The van der Waals surface area contributed by atoms with E-state index in [0.29, 0.717) is 0 Å². The Bertz CT molecular complexity index is 473. The van der Waals surface area contributed by atoms with Crippen LogP contribution in [-0.4, -0.2) is 18.1 Å². The molecular weight excluding hydrogens is 256 g/mol. The number of carbonyl (C=O) groups excluding carboxylic acids is 1. The molecular formula is C10H10ClF2NO3. The maximum Gasteiger partial charge on any atom is 0.310 e. The number of alkyl halides is 3. The van der Waals surface area contributed by atoms with E-state index in [0.717, 1.165) is 13.3 Å². The summed E-state index contributed by atoms with van der Waals surface area (Å²) in [5.41, 5.74) is -1.39. The Balaban J connectivity index is 3.30. The SMILES string of the molecule is COC(=O)Cc1c(C(F)F)[nH]cc(CCl)c1=O. The van der Waals surface area contributed by atoms with Crippen molar-refractivity contribution >= 4 is 17.6 Å². The number of hydrogen-bond acceptors (Lipinski definition) is 3. The van der Waals surface area contributed by atoms with Crippen LogP contribution in [0.5, 0.6) is 0 Å². The Morgan fingerprint density at radius 2 is 2.24 bits per heavy atom. The number of aromatic amines is 1. The third kappa shape index (κ3) is 3.03. The van der Waals surface area contributed by atoms with Crippen LogP contribution in [0.2, 0.25) is 0 Å². The highest BCUT2D eigenvalue weighted by Gasteiger charge is 2.20. The van der Waals surface area contributed by atoms with E-state index in [1.165, 1.54) is 0 Å². The highest BCUT2D eigenvalue weighted by molar-refractivity contribution is 6.17. The maximum atomic E-state index is 12.6. The molecule has 7 heteroatoms. The molecule has 0 spiro atoms. The van der Waals surface area contributed by atoms with E-state index in [4.69, 9.17) is 11.6 Å². The van der Waals surface area contributed by atoms with Crippen molar-refractivity contribution in [1.82, 2.24) is 4.98 Å². The normalized spacial score (nSPS) is 10.6. The first-order valence-electron chi connectivity index (χ1n) is 4.65. The number of ether oxygens (including phenoxy) is 1. The van der Waals surface area contributed by atoms with Crippen LogP contribution < -0.4 is 5.43 Å². The van der Waals surface area contributed by atoms with Gasteiger partial charge >= 0.3 is 5.97 Å². The van der Waals surface area contributed by atoms with E-state index in [-0.39, 0.29) is 17.0 Å². The second-order valence-electron chi connectivity index (χ2n) is 3.22. The van der Waals surface area contributed by atoms with Gasteiger partial charge in [0.1, 0.15) is 0 Å². The first-order valence-corrected chi connectivity index (χ1v) is 5.19. The molecule has 0 aliphatic carbocycles. The minimum atomic E-state index is -2.87. The monoisotopic (exact) mass is 265 g/mol. The fourth-order valence-electron chi connectivity index (χ4n) is 1.32. The highest BCUT2D eigenvalue weighted by atomic mass is 35.5. The van der Waals surface area contributed by atoms with Gasteiger partial charge in [0, 0.05) is 17.3 Å². The molecule has 0 atom stereocenters. The second-order valence-corrected chi connectivity index (χ2v) is 3.49. The topological polar surface area (TPSA) is 59.2 Å². The van der Waals surface area contributed by atoms with Gasteiger partial charge in [-0.15, -0.1) is 11.6 Å². The summed E-state index contributed by atoms with van der Waals surface area (Å²) in [5.74, 6) is -0.878. The van der Waals surface area contributed by atoms with Crippen LogP contribution in [0.15, 0.2) is 11.0 Å². The molecule has 0 aliphatic heterocycles. The average molecular weight is 266 g/mol. The van der Waals surface area contributed by atoms with Crippen molar-refractivity contribution < 1.29 is 18.3 Å². The van der Waals surface area contributed by atoms with Gasteiger partial charge in [0.15, 0.2) is 5.43 Å². The summed E-state index contributed by atoms with van der Waals surface area (Å²) < 4.78 is 29.6. The zero-order valence-electron chi connectivity index (χ0n) is 8.93. The summed E-state index contributed by atoms with van der Waals surface area (Å²) in [6.07, 6.45) is -2.25. The first-order chi connectivity index (χ1) is 8.01. The Kier molecular flexibility index (Phi) is 4.62. The molecule has 0 aromatic carbocycles. The standard InChI is InChI=1S/C10H10ClF2NO3/c1-17-7(15)2-6-8(10(12)13)14-4-5(3-11)9(6)16/h4,10H,2-3H2,1H3,(H,14,16). The summed E-state index contributed by atoms with van der Waals surface area (Å²) in [6, 6.07) is 0. The molecule has 0 aliphatic rings. The van der Waals surface area contributed by atoms with E-state index in [1.54, 1.807) is 0 Å². The van der Waals surface area contributed by atoms with E-state index in [1.807, 2.05) is 0 Å². The van der Waals surface area contributed by atoms with E-state index < -0.39 is 29.9 Å². The molecule has 17 heavy (non-hydrogen) atoms. The van der Waals surface area contributed by atoms with Crippen molar-refractivity contribution in [2.45, 2.75) is 18.7 Å². The quantitative estimate of drug-likeness (QED) is 0.667. The lowest BCUT2D eigenvalue weighted by molar-refractivity contribution is -0.139. The van der Waals surface area contributed by atoms with Crippen molar-refractivity contribution in [3.63, 3.8) is 0 Å². The van der Waals surface area contributed by atoms with Gasteiger partial charge in [0.05, 0.1) is 25.1 Å². The first kappa shape index (κ1) is 13.6. The number of halogens is 3. The second kappa shape index (κ2) is 5.77. The molecule has 0 saturated carbocycles. The van der Waals surface area contributed by atoms with Gasteiger partial charge in [-0.05, 0) is 0 Å². The summed E-state index contributed by atoms with van der Waals surface area (Å²) in [5, 5.41) is 0. The number of hydrogen-bond donors (Lipinski definition) is 1. The number of pyridine rings is 1. The molecule has 0 amide bonds. The average Bonchev–Trinajstić information content (AvgIpc) is 2.30. The summed E-state index contributed by atoms with van der Waals surface area (Å²) in [4.78, 5) is 25.1. The molecule has 1 aromatic heterocycles. The van der Waals surface area contributed by atoms with E-state index in [2.05, 4.69) is 9.72 Å². The molecule has 0 saturated heterocycles. The van der Waals surface area contributed by atoms with Gasteiger partial charge < -0.3 is 9.72 Å². The summed E-state index contributed by atoms with van der Waals surface area (Å²) in [6.45, 7) is 0. The number of carbonyl (C=O) groups is 1. The summed E-state index contributed by atoms with van der Waals surface area (Å²) >= 11 is 5.48. The van der Waals surface area contributed by atoms with Crippen LogP contribution in [0.1, 0.15) is 23.2 Å². The largest absolute Gasteiger partial charge is 0.469 e. The Hall–Kier alpha value is -1.43. The fraction of sp³-hybridized carbons (Fsp3) is 0.400. The van der Waals surface area contributed by atoms with Crippen LogP contribution in [0, 0.1) is 0 Å². The number of nitrogens with one attached hydrogen (secondary N) is 1. The molecule has 4 nitrogen and oxygen atoms in total. The lowest BCUT2D eigenvalue weighted by Crippen LogP contribution is -2.21. The molecule has 1 heterocycles. The molecule has 0 radical (unpaired) electrons. The Morgan fingerprint density at radius 1 is 1.59 bits per heavy atom. The lowest BCUT2D eigenvalue weighted by atomic mass is 10.1. The zero-order valence-corrected chi connectivity index (χ0v) is 9.68. The number of methoxy groups -OCH3 is 1. The van der Waals surface area contributed by atoms with Gasteiger partial charge in [-0.2, -0.15) is 0 Å². The highest BCUT2D eigenvalue weighted by Crippen LogP contribution is 2.19. The van der Waals surface area contributed by atoms with Crippen LogP contribution in [0.3, 0.4) is 0 Å². The van der Waals surface area contributed by atoms with Gasteiger partial charge in [0.25, 0.3) is 6.43 Å². The maximum absolute atomic E-state index is 12.6. The van der Waals surface area contributed by atoms with E-state index in [9.17, 15) is 18.4 Å². The zero-order chi connectivity index (χ0) is 13.0. The van der Waals surface area contributed by atoms with Crippen LogP contribution in [0.25, 0.3) is 0 Å². The minimum Gasteiger partial charge on any atom is -0.469 e. The molecule has 94 valence electrons. The molecule has 0 fully saturated rings. The molecule has 1 aromatic rings. The predicted octanol–water partition coefficient (Wildman–Crippen LogP) is 1.77. The third-order valence-electron chi connectivity index (χ3n) is 2.20. The smallest absolute Gasteiger partial charge is 0.310 e. The van der Waals surface area contributed by atoms with Crippen molar-refractivity contribution in [2.24, 2.45) is 0 Å². The molecule has 1 rings (SSSR count). The minimum absolute atomic E-state index is 0.118. The van der Waals surface area contributed by atoms with Gasteiger partial charge in [-0.3, -0.25) is 9.59 Å². The Labute approximate surface area is 101 Å². The van der Waals surface area contributed by atoms with Crippen LogP contribution >= 0.6 is 11.6 Å². The van der Waals surface area contributed by atoms with E-state index >= 15 is 0 Å². The summed E-state index contributed by atoms with van der Waals surface area (Å²) in [7, 11) is 1.12. The van der Waals surface area contributed by atoms with Crippen molar-refractivity contribution in [3.05, 3.63) is 33.2 Å². The number of esters is 1. The Morgan fingerprint density at radius 3 is 2.71 bits per heavy atom. The third-order valence-corrected chi connectivity index (χ3v) is 2.49. The number of aromatic nitrogens is 1. The predicted molar refractivity (Wildman–Crippen MR) is 57.3 cm³/mol. The fourth-order valence-corrected chi connectivity index (χ4v) is 1.52. The van der Waals surface area contributed by atoms with Crippen molar-refractivity contribution in [3.8, 4) is 0 Å². The van der Waals surface area contributed by atoms with Crippen LogP contribution in [-0.2, 0) is 21.8 Å². The van der Waals surface area contributed by atoms with Crippen molar-refractivity contribution in [2.75, 3.05) is 7.11 Å². The molecule has 0 unspecified atom stereocenters. The van der Waals surface area contributed by atoms with Gasteiger partial charge in [-0.25, -0.2) is 8.78 Å². The molecule has 0 bridgehead atoms. The van der Waals surface area contributed by atoms with Gasteiger partial charge in [0.2, 0.25) is 0 Å². The van der Waals surface area contributed by atoms with Crippen molar-refractivity contribution in [1.29, 1.82) is 0 Å². The number of rotatable bonds is 4. The number of H-pyrrole nitrogens is 1. The van der Waals surface area contributed by atoms with Gasteiger partial charge in [-0.1, -0.05) is 0 Å². The lowest BCUT2D eigenvalue weighted by Gasteiger charge is -2.08.